The lowest BCUT2D eigenvalue weighted by Crippen LogP contribution is -2.48. The van der Waals surface area contributed by atoms with E-state index in [1.165, 1.54) is 12.2 Å². The Morgan fingerprint density at radius 3 is 3.12 bits per heavy atom. The van der Waals surface area contributed by atoms with Crippen LogP contribution in [0.1, 0.15) is 26.2 Å². The third-order valence-corrected chi connectivity index (χ3v) is 4.72. The number of nitrogens with one attached hydrogen (secondary N) is 2. The molecule has 0 radical (unpaired) electrons. The Kier molecular flexibility index (Phi) is 4.70. The van der Waals surface area contributed by atoms with Crippen molar-refractivity contribution in [3.8, 4) is 0 Å². The van der Waals surface area contributed by atoms with Crippen molar-refractivity contribution in [2.24, 2.45) is 0 Å². The summed E-state index contributed by atoms with van der Waals surface area (Å²) in [5.41, 5.74) is 0.147. The van der Waals surface area contributed by atoms with E-state index in [0.717, 1.165) is 31.7 Å². The molecule has 2 aliphatic rings. The van der Waals surface area contributed by atoms with Crippen molar-refractivity contribution >= 4 is 17.7 Å². The molecule has 2 unspecified atom stereocenters. The molecule has 5 heteroatoms. The van der Waals surface area contributed by atoms with Crippen LogP contribution in [0, 0.1) is 0 Å². The SMILES string of the molecule is CC(=O)NCCNC1CCOC2(CCSC2)C1. The van der Waals surface area contributed by atoms with Crippen molar-refractivity contribution in [1.82, 2.24) is 10.6 Å². The van der Waals surface area contributed by atoms with E-state index < -0.39 is 0 Å². The molecule has 2 heterocycles. The summed E-state index contributed by atoms with van der Waals surface area (Å²) in [7, 11) is 0. The Bertz CT molecular complexity index is 267. The van der Waals surface area contributed by atoms with Gasteiger partial charge in [0.2, 0.25) is 5.91 Å². The molecule has 0 bridgehead atoms. The van der Waals surface area contributed by atoms with Crippen LogP contribution in [-0.4, -0.2) is 48.8 Å². The first-order valence-electron chi connectivity index (χ1n) is 6.40. The van der Waals surface area contributed by atoms with Gasteiger partial charge in [0.15, 0.2) is 0 Å². The molecule has 98 valence electrons. The zero-order valence-corrected chi connectivity index (χ0v) is 11.3. The van der Waals surface area contributed by atoms with Gasteiger partial charge in [-0.1, -0.05) is 0 Å². The number of hydrogen-bond acceptors (Lipinski definition) is 4. The van der Waals surface area contributed by atoms with Gasteiger partial charge >= 0.3 is 0 Å². The third kappa shape index (κ3) is 3.86. The van der Waals surface area contributed by atoms with Crippen LogP contribution in [-0.2, 0) is 9.53 Å². The lowest BCUT2D eigenvalue weighted by atomic mass is 9.90. The van der Waals surface area contributed by atoms with E-state index in [0.29, 0.717) is 12.6 Å². The number of hydrogen-bond donors (Lipinski definition) is 2. The summed E-state index contributed by atoms with van der Waals surface area (Å²) in [4.78, 5) is 10.7. The number of carbonyl (C=O) groups excluding carboxylic acids is 1. The maximum Gasteiger partial charge on any atom is 0.216 e. The average molecular weight is 258 g/mol. The molecule has 0 aliphatic carbocycles. The van der Waals surface area contributed by atoms with Crippen molar-refractivity contribution in [3.63, 3.8) is 0 Å². The summed E-state index contributed by atoms with van der Waals surface area (Å²) in [5.74, 6) is 2.43. The Balaban J connectivity index is 1.68. The maximum absolute atomic E-state index is 10.7. The largest absolute Gasteiger partial charge is 0.374 e. The van der Waals surface area contributed by atoms with E-state index in [4.69, 9.17) is 4.74 Å². The van der Waals surface area contributed by atoms with E-state index in [1.54, 1.807) is 6.92 Å². The quantitative estimate of drug-likeness (QED) is 0.731. The predicted octanol–water partition coefficient (Wildman–Crippen LogP) is 0.767. The topological polar surface area (TPSA) is 50.4 Å². The fourth-order valence-corrected chi connectivity index (χ4v) is 3.96. The van der Waals surface area contributed by atoms with Gasteiger partial charge in [-0.25, -0.2) is 0 Å². The van der Waals surface area contributed by atoms with Crippen LogP contribution >= 0.6 is 11.8 Å². The van der Waals surface area contributed by atoms with Crippen molar-refractivity contribution in [3.05, 3.63) is 0 Å². The van der Waals surface area contributed by atoms with E-state index >= 15 is 0 Å². The molecule has 0 aromatic carbocycles. The molecule has 0 saturated carbocycles. The lowest BCUT2D eigenvalue weighted by Gasteiger charge is -2.38. The number of rotatable bonds is 4. The molecule has 4 nitrogen and oxygen atoms in total. The van der Waals surface area contributed by atoms with Gasteiger partial charge in [-0.2, -0.15) is 11.8 Å². The molecule has 2 aliphatic heterocycles. The van der Waals surface area contributed by atoms with Gasteiger partial charge in [0.05, 0.1) is 5.60 Å². The molecule has 1 amide bonds. The van der Waals surface area contributed by atoms with Crippen LogP contribution in [0.3, 0.4) is 0 Å². The van der Waals surface area contributed by atoms with E-state index in [9.17, 15) is 4.79 Å². The average Bonchev–Trinajstić information content (AvgIpc) is 2.73. The molecule has 2 fully saturated rings. The Labute approximate surface area is 107 Å². The molecule has 2 atom stereocenters. The summed E-state index contributed by atoms with van der Waals surface area (Å²) in [6.45, 7) is 4.00. The van der Waals surface area contributed by atoms with Gasteiger partial charge in [-0.05, 0) is 25.0 Å². The van der Waals surface area contributed by atoms with Crippen LogP contribution in [0.2, 0.25) is 0 Å². The second-order valence-corrected chi connectivity index (χ2v) is 6.07. The molecule has 0 aromatic heterocycles. The highest BCUT2D eigenvalue weighted by molar-refractivity contribution is 7.99. The lowest BCUT2D eigenvalue weighted by molar-refractivity contribution is -0.118. The summed E-state index contributed by atoms with van der Waals surface area (Å²) in [6, 6.07) is 0.552. The van der Waals surface area contributed by atoms with Gasteiger partial charge in [0.25, 0.3) is 0 Å². The minimum absolute atomic E-state index is 0.0439. The number of thioether (sulfide) groups is 1. The first kappa shape index (κ1) is 13.2. The normalized spacial score (nSPS) is 32.9. The second kappa shape index (κ2) is 6.07. The van der Waals surface area contributed by atoms with Crippen LogP contribution in [0.25, 0.3) is 0 Å². The van der Waals surface area contributed by atoms with Crippen molar-refractivity contribution in [2.75, 3.05) is 31.2 Å². The predicted molar refractivity (Wildman–Crippen MR) is 70.3 cm³/mol. The van der Waals surface area contributed by atoms with E-state index in [-0.39, 0.29) is 11.5 Å². The molecule has 2 rings (SSSR count). The number of amides is 1. The molecular formula is C12H22N2O2S. The van der Waals surface area contributed by atoms with Crippen molar-refractivity contribution < 1.29 is 9.53 Å². The van der Waals surface area contributed by atoms with Crippen molar-refractivity contribution in [2.45, 2.75) is 37.8 Å². The fourth-order valence-electron chi connectivity index (χ4n) is 2.58. The highest BCUT2D eigenvalue weighted by Gasteiger charge is 2.40. The molecule has 1 spiro atoms. The fraction of sp³-hybridized carbons (Fsp3) is 0.917. The second-order valence-electron chi connectivity index (χ2n) is 4.96. The summed E-state index contributed by atoms with van der Waals surface area (Å²) < 4.78 is 5.97. The first-order chi connectivity index (χ1) is 8.20. The Morgan fingerprint density at radius 1 is 1.53 bits per heavy atom. The van der Waals surface area contributed by atoms with Gasteiger partial charge in [0, 0.05) is 38.4 Å². The maximum atomic E-state index is 10.7. The smallest absolute Gasteiger partial charge is 0.216 e. The van der Waals surface area contributed by atoms with Gasteiger partial charge < -0.3 is 15.4 Å². The monoisotopic (exact) mass is 258 g/mol. The highest BCUT2D eigenvalue weighted by Crippen LogP contribution is 2.38. The molecule has 2 saturated heterocycles. The summed E-state index contributed by atoms with van der Waals surface area (Å²) in [5, 5.41) is 6.33. The number of ether oxygens (including phenoxy) is 1. The zero-order chi connectivity index (χ0) is 12.1. The molecule has 0 aromatic rings. The van der Waals surface area contributed by atoms with E-state index in [1.807, 2.05) is 11.8 Å². The Morgan fingerprint density at radius 2 is 2.41 bits per heavy atom. The summed E-state index contributed by atoms with van der Waals surface area (Å²) in [6.07, 6.45) is 3.41. The first-order valence-corrected chi connectivity index (χ1v) is 7.55. The van der Waals surface area contributed by atoms with E-state index in [2.05, 4.69) is 10.6 Å². The van der Waals surface area contributed by atoms with Gasteiger partial charge in [0.1, 0.15) is 0 Å². The standard InChI is InChI=1S/C12H22N2O2S/c1-10(15)13-4-5-14-11-2-6-16-12(8-11)3-7-17-9-12/h11,14H,2-9H2,1H3,(H,13,15). The molecule has 17 heavy (non-hydrogen) atoms. The van der Waals surface area contributed by atoms with Crippen LogP contribution in [0.4, 0.5) is 0 Å². The van der Waals surface area contributed by atoms with Crippen LogP contribution in [0.5, 0.6) is 0 Å². The Hall–Kier alpha value is -0.260. The van der Waals surface area contributed by atoms with Crippen LogP contribution in [0.15, 0.2) is 0 Å². The summed E-state index contributed by atoms with van der Waals surface area (Å²) >= 11 is 2.00. The zero-order valence-electron chi connectivity index (χ0n) is 10.5. The molecular weight excluding hydrogens is 236 g/mol. The molecule has 2 N–H and O–H groups in total. The highest BCUT2D eigenvalue weighted by atomic mass is 32.2. The van der Waals surface area contributed by atoms with Crippen molar-refractivity contribution in [1.29, 1.82) is 0 Å². The van der Waals surface area contributed by atoms with Crippen LogP contribution < -0.4 is 10.6 Å². The third-order valence-electron chi connectivity index (χ3n) is 3.49. The van der Waals surface area contributed by atoms with Gasteiger partial charge in [-0.3, -0.25) is 4.79 Å². The minimum atomic E-state index is 0.0439. The number of carbonyl (C=O) groups is 1. The minimum Gasteiger partial charge on any atom is -0.374 e. The van der Waals surface area contributed by atoms with Gasteiger partial charge in [-0.15, -0.1) is 0 Å².